The Balaban J connectivity index is -0.0000000238. The van der Waals surface area contributed by atoms with Crippen molar-refractivity contribution in [1.82, 2.24) is 0 Å². The van der Waals surface area contributed by atoms with Gasteiger partial charge in [0.15, 0.2) is 0 Å². The van der Waals surface area contributed by atoms with Gasteiger partial charge in [-0.05, 0) is 0 Å². The van der Waals surface area contributed by atoms with Crippen LogP contribution in [-0.4, -0.2) is 0 Å². The van der Waals surface area contributed by atoms with Crippen LogP contribution >= 0.6 is 0 Å². The maximum absolute atomic E-state index is 8.65. The van der Waals surface area contributed by atoms with Crippen molar-refractivity contribution in [3.05, 3.63) is 0 Å². The number of hydrogen-bond donors (Lipinski definition) is 0. The van der Waals surface area contributed by atoms with Gasteiger partial charge >= 0.3 is 224 Å². The van der Waals surface area contributed by atoms with Crippen molar-refractivity contribution in [2.24, 2.45) is 0 Å². The second-order valence-electron chi connectivity index (χ2n) is 2.04. The Morgan fingerprint density at radius 1 is 0.276 bits per heavy atom. The van der Waals surface area contributed by atoms with E-state index in [0.29, 0.717) is 0 Å². The minimum absolute atomic E-state index is 0. The molecule has 0 aromatic heterocycles. The predicted octanol–water partition coefficient (Wildman–Crippen LogP) is -13.1. The Bertz CT molecular complexity index is 629. The van der Waals surface area contributed by atoms with Gasteiger partial charge in [0.05, 0.1) is 0 Å². The van der Waals surface area contributed by atoms with Crippen LogP contribution in [0.15, 0.2) is 0 Å². The van der Waals surface area contributed by atoms with Crippen molar-refractivity contribution in [1.29, 1.82) is 0 Å². The molecular formula is Fe2Mn2O20W5. The van der Waals surface area contributed by atoms with Crippen LogP contribution in [0.2, 0.25) is 0 Å². The second-order valence-corrected chi connectivity index (χ2v) is 16.7. The normalized spacial score (nSPS) is 10.0. The molecule has 0 saturated carbocycles. The van der Waals surface area contributed by atoms with Crippen LogP contribution in [0.1, 0.15) is 0 Å². The Hall–Kier alpha value is 3.12. The summed E-state index contributed by atoms with van der Waals surface area (Å²) in [5.41, 5.74) is 0. The molecule has 0 spiro atoms. The van der Waals surface area contributed by atoms with E-state index in [9.17, 15) is 0 Å². The van der Waals surface area contributed by atoms with E-state index in [1.165, 1.54) is 0 Å². The van der Waals surface area contributed by atoms with E-state index in [2.05, 4.69) is 0 Å². The van der Waals surface area contributed by atoms with Crippen LogP contribution in [0, 0.1) is 0 Å². The van der Waals surface area contributed by atoms with Crippen molar-refractivity contribution in [2.75, 3.05) is 0 Å². The van der Waals surface area contributed by atoms with Crippen LogP contribution in [0.25, 0.3) is 0 Å². The molecule has 0 atom stereocenters. The summed E-state index contributed by atoms with van der Waals surface area (Å²) in [4.78, 5) is 0. The molecule has 180 valence electrons. The zero-order valence-electron chi connectivity index (χ0n) is 11.7. The Kier molecular flexibility index (Phi) is 51.6. The van der Waals surface area contributed by atoms with Gasteiger partial charge in [-0.25, -0.2) is 0 Å². The molecule has 4 radical (unpaired) electrons. The standard InChI is InChI=1S/2Fe.2Mn.20O.5W/q2*+3;2*+2;;;;;;;;;;;10*-1;;;;;. The Labute approximate surface area is 220 Å². The number of rotatable bonds is 0. The summed E-state index contributed by atoms with van der Waals surface area (Å²) in [5, 5.41) is 0. The van der Waals surface area contributed by atoms with Gasteiger partial charge in [0, 0.05) is 0 Å². The van der Waals surface area contributed by atoms with Crippen molar-refractivity contribution in [2.45, 2.75) is 0 Å². The van der Waals surface area contributed by atoms with Crippen LogP contribution < -0.4 is 37.6 Å². The van der Waals surface area contributed by atoms with Crippen molar-refractivity contribution >= 4 is 0 Å². The van der Waals surface area contributed by atoms with Crippen LogP contribution in [0.3, 0.4) is 0 Å². The van der Waals surface area contributed by atoms with Gasteiger partial charge in [0.2, 0.25) is 0 Å². The van der Waals surface area contributed by atoms with Crippen molar-refractivity contribution in [3.63, 3.8) is 0 Å². The maximum atomic E-state index is 8.65. The van der Waals surface area contributed by atoms with E-state index in [0.717, 1.165) is 0 Å². The molecule has 20 nitrogen and oxygen atoms in total. The fourth-order valence-electron chi connectivity index (χ4n) is 0. The molecule has 0 aliphatic rings. The van der Waals surface area contributed by atoms with E-state index in [-0.39, 0.29) is 68.3 Å². The van der Waals surface area contributed by atoms with Crippen LogP contribution in [-0.2, 0) is 186 Å². The Morgan fingerprint density at radius 2 is 0.276 bits per heavy atom. The molecule has 0 fully saturated rings. The molecule has 29 heteroatoms. The molecule has 0 aromatic rings. The molecule has 0 rings (SSSR count). The molecule has 0 saturated heterocycles. The zero-order chi connectivity index (χ0) is 22.5. The van der Waals surface area contributed by atoms with Gasteiger partial charge in [-0.2, -0.15) is 0 Å². The molecule has 0 bridgehead atoms. The fraction of sp³-hybridized carbons (Fsp3) is 0. The molecule has 0 amide bonds. The summed E-state index contributed by atoms with van der Waals surface area (Å²) >= 11 is -30.8. The van der Waals surface area contributed by atoms with E-state index in [1.54, 1.807) is 0 Å². The quantitative estimate of drug-likeness (QED) is 0.203. The van der Waals surface area contributed by atoms with E-state index < -0.39 is 83.7 Å². The molecular weight excluding hydrogens is 1460 g/mol. The van der Waals surface area contributed by atoms with Gasteiger partial charge in [-0.3, -0.25) is 0 Å². The SMILES string of the molecule is [Fe+3].[Fe+3].[Mn+2].[Mn+2].[O]=[W](=[O])([O-])[O-].[O]=[W](=[O])([O-])[O-].[O]=[W](=[O])([O-])[O-].[O]=[W](=[O])([O-])[O-].[O]=[W](=[O])([O-])[O-]. The summed E-state index contributed by atoms with van der Waals surface area (Å²) in [5.74, 6) is 0. The zero-order valence-corrected chi connectivity index (χ0v) is 30.9. The summed E-state index contributed by atoms with van der Waals surface area (Å²) in [6.45, 7) is 0. The monoisotopic (exact) mass is 1460 g/mol. The van der Waals surface area contributed by atoms with Crippen molar-refractivity contribution < 1.29 is 224 Å². The first kappa shape index (κ1) is 58.2. The van der Waals surface area contributed by atoms with Crippen LogP contribution in [0.5, 0.6) is 0 Å². The van der Waals surface area contributed by atoms with Gasteiger partial charge < -0.3 is 0 Å². The third kappa shape index (κ3) is 2710. The van der Waals surface area contributed by atoms with E-state index in [1.807, 2.05) is 0 Å². The van der Waals surface area contributed by atoms with Gasteiger partial charge in [0.1, 0.15) is 0 Å². The summed E-state index contributed by atoms with van der Waals surface area (Å²) in [7, 11) is 0. The minimum atomic E-state index is -6.17. The number of hydrogen-bond acceptors (Lipinski definition) is 20. The first-order chi connectivity index (χ1) is 10.0. The van der Waals surface area contributed by atoms with Crippen molar-refractivity contribution in [3.8, 4) is 0 Å². The third-order valence-corrected chi connectivity index (χ3v) is 0. The Morgan fingerprint density at radius 3 is 0.276 bits per heavy atom. The summed E-state index contributed by atoms with van der Waals surface area (Å²) in [6, 6.07) is 0. The summed E-state index contributed by atoms with van der Waals surface area (Å²) in [6.07, 6.45) is 0. The van der Waals surface area contributed by atoms with E-state index >= 15 is 0 Å². The average molecular weight is 1460 g/mol. The topological polar surface area (TPSA) is 401 Å². The fourth-order valence-corrected chi connectivity index (χ4v) is 0. The van der Waals surface area contributed by atoms with Gasteiger partial charge in [-0.15, -0.1) is 0 Å². The first-order valence-corrected chi connectivity index (χ1v) is 27.3. The molecule has 0 aliphatic heterocycles. The second kappa shape index (κ2) is 25.7. The predicted molar refractivity (Wildman–Crippen MR) is 6.86 cm³/mol. The molecule has 0 heterocycles. The van der Waals surface area contributed by atoms with E-state index in [4.69, 9.17) is 71.6 Å². The first-order valence-electron chi connectivity index (χ1n) is 3.33. The average Bonchev–Trinajstić information content (AvgIpc) is 1.79. The van der Waals surface area contributed by atoms with Gasteiger partial charge in [-0.1, -0.05) is 0 Å². The molecule has 0 N–H and O–H groups in total. The van der Waals surface area contributed by atoms with Crippen LogP contribution in [0.4, 0.5) is 0 Å². The molecule has 0 aromatic carbocycles. The molecule has 0 unspecified atom stereocenters. The third-order valence-electron chi connectivity index (χ3n) is 0. The van der Waals surface area contributed by atoms with Gasteiger partial charge in [0.25, 0.3) is 0 Å². The summed E-state index contributed by atoms with van der Waals surface area (Å²) < 4.78 is 173. The molecule has 0 aliphatic carbocycles. The molecule has 29 heavy (non-hydrogen) atoms.